The number of benzene rings is 1. The molecule has 18 heavy (non-hydrogen) atoms. The summed E-state index contributed by atoms with van der Waals surface area (Å²) in [6.07, 6.45) is 0.983. The predicted molar refractivity (Wildman–Crippen MR) is 73.6 cm³/mol. The number of nitrogens with zero attached hydrogens (tertiary/aromatic N) is 1. The Morgan fingerprint density at radius 3 is 2.94 bits per heavy atom. The van der Waals surface area contributed by atoms with Crippen LogP contribution in [0.2, 0.25) is 0 Å². The molecule has 2 rings (SSSR count). The minimum Gasteiger partial charge on any atom is -0.326 e. The Morgan fingerprint density at radius 2 is 2.28 bits per heavy atom. The number of carbonyl (C=O) groups is 1. The van der Waals surface area contributed by atoms with Gasteiger partial charge in [-0.2, -0.15) is 0 Å². The highest BCUT2D eigenvalue weighted by Crippen LogP contribution is 2.18. The van der Waals surface area contributed by atoms with E-state index in [-0.39, 0.29) is 11.9 Å². The summed E-state index contributed by atoms with van der Waals surface area (Å²) in [7, 11) is 0. The normalized spacial score (nSPS) is 20.1. The van der Waals surface area contributed by atoms with Crippen LogP contribution in [0.25, 0.3) is 0 Å². The summed E-state index contributed by atoms with van der Waals surface area (Å²) in [5, 5.41) is 2.97. The van der Waals surface area contributed by atoms with Crippen molar-refractivity contribution in [1.29, 1.82) is 0 Å². The monoisotopic (exact) mass is 247 g/mol. The van der Waals surface area contributed by atoms with Gasteiger partial charge in [0.2, 0.25) is 5.91 Å². The first-order valence-corrected chi connectivity index (χ1v) is 6.40. The molecule has 0 spiro atoms. The van der Waals surface area contributed by atoms with Crippen molar-refractivity contribution in [3.63, 3.8) is 0 Å². The quantitative estimate of drug-likeness (QED) is 0.846. The van der Waals surface area contributed by atoms with Crippen molar-refractivity contribution >= 4 is 11.6 Å². The lowest BCUT2D eigenvalue weighted by Gasteiger charge is -2.16. The summed E-state index contributed by atoms with van der Waals surface area (Å²) in [5.74, 6) is 0.0396. The average molecular weight is 247 g/mol. The lowest BCUT2D eigenvalue weighted by Crippen LogP contribution is -2.33. The van der Waals surface area contributed by atoms with E-state index in [1.54, 1.807) is 0 Å². The van der Waals surface area contributed by atoms with Crippen molar-refractivity contribution in [2.75, 3.05) is 25.0 Å². The molecular formula is C14H21N3O. The van der Waals surface area contributed by atoms with Crippen LogP contribution in [0.1, 0.15) is 17.5 Å². The molecule has 1 saturated heterocycles. The number of amides is 1. The summed E-state index contributed by atoms with van der Waals surface area (Å²) in [4.78, 5) is 14.0. The van der Waals surface area contributed by atoms with E-state index in [4.69, 9.17) is 5.73 Å². The highest BCUT2D eigenvalue weighted by molar-refractivity contribution is 5.93. The Kier molecular flexibility index (Phi) is 3.99. The smallest absolute Gasteiger partial charge is 0.238 e. The second-order valence-corrected chi connectivity index (χ2v) is 5.08. The van der Waals surface area contributed by atoms with Crippen LogP contribution in [-0.4, -0.2) is 36.5 Å². The first kappa shape index (κ1) is 13.1. The Morgan fingerprint density at radius 1 is 1.50 bits per heavy atom. The van der Waals surface area contributed by atoms with E-state index in [2.05, 4.69) is 10.2 Å². The van der Waals surface area contributed by atoms with E-state index in [1.165, 1.54) is 5.56 Å². The third-order valence-corrected chi connectivity index (χ3v) is 3.55. The summed E-state index contributed by atoms with van der Waals surface area (Å²) >= 11 is 0. The molecule has 0 saturated carbocycles. The van der Waals surface area contributed by atoms with E-state index >= 15 is 0 Å². The molecule has 1 atom stereocenters. The third kappa shape index (κ3) is 3.09. The molecule has 1 fully saturated rings. The topological polar surface area (TPSA) is 58.4 Å². The molecule has 1 aliphatic heterocycles. The second kappa shape index (κ2) is 5.50. The van der Waals surface area contributed by atoms with Crippen LogP contribution >= 0.6 is 0 Å². The minimum atomic E-state index is 0.0396. The van der Waals surface area contributed by atoms with E-state index < -0.39 is 0 Å². The molecule has 0 radical (unpaired) electrons. The number of nitrogens with two attached hydrogens (primary N) is 1. The fourth-order valence-electron chi connectivity index (χ4n) is 2.29. The second-order valence-electron chi connectivity index (χ2n) is 5.08. The van der Waals surface area contributed by atoms with Gasteiger partial charge in [0.05, 0.1) is 6.54 Å². The molecule has 4 nitrogen and oxygen atoms in total. The largest absolute Gasteiger partial charge is 0.326 e. The molecule has 0 unspecified atom stereocenters. The number of likely N-dealkylation sites (tertiary alicyclic amines) is 1. The van der Waals surface area contributed by atoms with Crippen LogP contribution in [0.3, 0.4) is 0 Å². The fourth-order valence-corrected chi connectivity index (χ4v) is 2.29. The van der Waals surface area contributed by atoms with Crippen molar-refractivity contribution in [3.8, 4) is 0 Å². The van der Waals surface area contributed by atoms with E-state index in [0.29, 0.717) is 6.54 Å². The number of nitrogens with one attached hydrogen (secondary N) is 1. The van der Waals surface area contributed by atoms with Crippen LogP contribution < -0.4 is 11.1 Å². The highest BCUT2D eigenvalue weighted by atomic mass is 16.2. The molecule has 3 N–H and O–H groups in total. The average Bonchev–Trinajstić information content (AvgIpc) is 2.70. The number of rotatable bonds is 3. The molecule has 1 aromatic rings. The fraction of sp³-hybridized carbons (Fsp3) is 0.500. The molecule has 98 valence electrons. The SMILES string of the molecule is Cc1cccc(NC(=O)CN2CC[C@@H](N)C2)c1C. The van der Waals surface area contributed by atoms with Crippen LogP contribution in [-0.2, 0) is 4.79 Å². The lowest BCUT2D eigenvalue weighted by atomic mass is 10.1. The van der Waals surface area contributed by atoms with Crippen molar-refractivity contribution in [2.24, 2.45) is 5.73 Å². The standard InChI is InChI=1S/C14H21N3O/c1-10-4-3-5-13(11(10)2)16-14(18)9-17-7-6-12(15)8-17/h3-5,12H,6-9,15H2,1-2H3,(H,16,18)/t12-/m1/s1. The summed E-state index contributed by atoms with van der Waals surface area (Å²) in [6.45, 7) is 6.24. The first-order chi connectivity index (χ1) is 8.56. The van der Waals surface area contributed by atoms with Crippen molar-refractivity contribution in [2.45, 2.75) is 26.3 Å². The Labute approximate surface area is 108 Å². The maximum absolute atomic E-state index is 11.9. The van der Waals surface area contributed by atoms with Gasteiger partial charge in [-0.05, 0) is 37.5 Å². The minimum absolute atomic E-state index is 0.0396. The zero-order valence-corrected chi connectivity index (χ0v) is 11.1. The lowest BCUT2D eigenvalue weighted by molar-refractivity contribution is -0.117. The molecule has 0 bridgehead atoms. The van der Waals surface area contributed by atoms with Gasteiger partial charge in [0.25, 0.3) is 0 Å². The molecule has 1 heterocycles. The molecule has 0 aromatic heterocycles. The molecule has 1 aromatic carbocycles. The van der Waals surface area contributed by atoms with Crippen LogP contribution in [0, 0.1) is 13.8 Å². The summed E-state index contributed by atoms with van der Waals surface area (Å²) in [5.41, 5.74) is 9.05. The van der Waals surface area contributed by atoms with E-state index in [9.17, 15) is 4.79 Å². The van der Waals surface area contributed by atoms with Gasteiger partial charge in [-0.15, -0.1) is 0 Å². The zero-order chi connectivity index (χ0) is 13.1. The first-order valence-electron chi connectivity index (χ1n) is 6.40. The van der Waals surface area contributed by atoms with Crippen molar-refractivity contribution in [3.05, 3.63) is 29.3 Å². The molecule has 4 heteroatoms. The van der Waals surface area contributed by atoms with Gasteiger partial charge in [0.15, 0.2) is 0 Å². The van der Waals surface area contributed by atoms with Crippen LogP contribution in [0.5, 0.6) is 0 Å². The van der Waals surface area contributed by atoms with Gasteiger partial charge in [0, 0.05) is 24.8 Å². The number of hydrogen-bond donors (Lipinski definition) is 2. The van der Waals surface area contributed by atoms with Crippen molar-refractivity contribution in [1.82, 2.24) is 4.90 Å². The number of hydrogen-bond acceptors (Lipinski definition) is 3. The Hall–Kier alpha value is -1.39. The number of aryl methyl sites for hydroxylation is 1. The van der Waals surface area contributed by atoms with Gasteiger partial charge in [-0.25, -0.2) is 0 Å². The van der Waals surface area contributed by atoms with E-state index in [1.807, 2.05) is 32.0 Å². The molecule has 0 aliphatic carbocycles. The van der Waals surface area contributed by atoms with E-state index in [0.717, 1.165) is 30.8 Å². The number of anilines is 1. The maximum Gasteiger partial charge on any atom is 0.238 e. The molecule has 1 amide bonds. The highest BCUT2D eigenvalue weighted by Gasteiger charge is 2.21. The van der Waals surface area contributed by atoms with Gasteiger partial charge in [-0.1, -0.05) is 12.1 Å². The van der Waals surface area contributed by atoms with Crippen LogP contribution in [0.15, 0.2) is 18.2 Å². The zero-order valence-electron chi connectivity index (χ0n) is 11.1. The van der Waals surface area contributed by atoms with Crippen molar-refractivity contribution < 1.29 is 4.79 Å². The Balaban J connectivity index is 1.93. The predicted octanol–water partition coefficient (Wildman–Crippen LogP) is 1.27. The summed E-state index contributed by atoms with van der Waals surface area (Å²) < 4.78 is 0. The number of carbonyl (C=O) groups excluding carboxylic acids is 1. The Bertz CT molecular complexity index is 445. The molecule has 1 aliphatic rings. The van der Waals surface area contributed by atoms with Crippen LogP contribution in [0.4, 0.5) is 5.69 Å². The molecular weight excluding hydrogens is 226 g/mol. The van der Waals surface area contributed by atoms with Gasteiger partial charge in [0.1, 0.15) is 0 Å². The van der Waals surface area contributed by atoms with Gasteiger partial charge < -0.3 is 11.1 Å². The van der Waals surface area contributed by atoms with Gasteiger partial charge >= 0.3 is 0 Å². The third-order valence-electron chi connectivity index (χ3n) is 3.55. The maximum atomic E-state index is 11.9. The van der Waals surface area contributed by atoms with Gasteiger partial charge in [-0.3, -0.25) is 9.69 Å². The summed E-state index contributed by atoms with van der Waals surface area (Å²) in [6, 6.07) is 6.17.